The maximum atomic E-state index is 12.5. The van der Waals surface area contributed by atoms with Crippen LogP contribution in [0.25, 0.3) is 0 Å². The Labute approximate surface area is 109 Å². The third-order valence-corrected chi connectivity index (χ3v) is 3.81. The van der Waals surface area contributed by atoms with Gasteiger partial charge in [0.25, 0.3) is 0 Å². The number of primary amides is 1. The molecule has 5 heteroatoms. The molecule has 0 radical (unpaired) electrons. The topological polar surface area (TPSA) is 84.2 Å². The van der Waals surface area contributed by atoms with Crippen molar-refractivity contribution in [3.05, 3.63) is 0 Å². The number of amides is 2. The Bertz CT molecular complexity index is 315. The second kappa shape index (κ2) is 5.69. The van der Waals surface area contributed by atoms with Crippen LogP contribution in [0.1, 0.15) is 46.5 Å². The van der Waals surface area contributed by atoms with E-state index in [9.17, 15) is 9.59 Å². The van der Waals surface area contributed by atoms with Crippen LogP contribution in [0.2, 0.25) is 0 Å². The summed E-state index contributed by atoms with van der Waals surface area (Å²) in [4.78, 5) is 23.8. The summed E-state index contributed by atoms with van der Waals surface area (Å²) in [5.41, 5.74) is 3.98. The van der Waals surface area contributed by atoms with Gasteiger partial charge in [0.05, 0.1) is 5.41 Å². The van der Waals surface area contributed by atoms with E-state index in [4.69, 9.17) is 5.73 Å². The summed E-state index contributed by atoms with van der Waals surface area (Å²) in [7, 11) is 0. The quantitative estimate of drug-likeness (QED) is 0.670. The van der Waals surface area contributed by atoms with Gasteiger partial charge in [-0.15, -0.1) is 0 Å². The molecular weight excluding hydrogens is 230 g/mol. The van der Waals surface area contributed by atoms with E-state index in [1.807, 2.05) is 0 Å². The SMILES string of the molecule is CCCC1(C(=O)NC(C)(C)C(N)=O)CCNCC1. The van der Waals surface area contributed by atoms with E-state index in [0.29, 0.717) is 0 Å². The number of rotatable bonds is 5. The van der Waals surface area contributed by atoms with Gasteiger partial charge in [0.2, 0.25) is 11.8 Å². The average molecular weight is 255 g/mol. The number of carbonyl (C=O) groups is 2. The zero-order chi connectivity index (χ0) is 13.8. The highest BCUT2D eigenvalue weighted by Crippen LogP contribution is 2.34. The fourth-order valence-electron chi connectivity index (χ4n) is 2.45. The predicted octanol–water partition coefficient (Wildman–Crippen LogP) is 0.536. The largest absolute Gasteiger partial charge is 0.368 e. The third kappa shape index (κ3) is 3.22. The number of hydrogen-bond donors (Lipinski definition) is 3. The van der Waals surface area contributed by atoms with Crippen LogP contribution in [-0.2, 0) is 9.59 Å². The molecule has 1 saturated heterocycles. The lowest BCUT2D eigenvalue weighted by Gasteiger charge is -2.38. The molecule has 0 aliphatic carbocycles. The average Bonchev–Trinajstić information content (AvgIpc) is 2.29. The Morgan fingerprint density at radius 1 is 1.33 bits per heavy atom. The summed E-state index contributed by atoms with van der Waals surface area (Å²) in [6, 6.07) is 0. The van der Waals surface area contributed by atoms with Gasteiger partial charge in [-0.1, -0.05) is 13.3 Å². The zero-order valence-corrected chi connectivity index (χ0v) is 11.6. The molecule has 0 saturated carbocycles. The number of piperidine rings is 1. The maximum absolute atomic E-state index is 12.5. The lowest BCUT2D eigenvalue weighted by molar-refractivity contribution is -0.138. The minimum Gasteiger partial charge on any atom is -0.368 e. The molecule has 1 aliphatic rings. The van der Waals surface area contributed by atoms with Crippen LogP contribution in [0.15, 0.2) is 0 Å². The highest BCUT2D eigenvalue weighted by Gasteiger charge is 2.41. The van der Waals surface area contributed by atoms with Gasteiger partial charge in [-0.25, -0.2) is 0 Å². The first kappa shape index (κ1) is 15.0. The molecule has 0 aromatic rings. The first-order valence-corrected chi connectivity index (χ1v) is 6.67. The minimum atomic E-state index is -0.983. The molecule has 104 valence electrons. The van der Waals surface area contributed by atoms with E-state index in [0.717, 1.165) is 38.8 Å². The van der Waals surface area contributed by atoms with Gasteiger partial charge in [0.15, 0.2) is 0 Å². The van der Waals surface area contributed by atoms with Crippen molar-refractivity contribution in [2.24, 2.45) is 11.1 Å². The van der Waals surface area contributed by atoms with Crippen molar-refractivity contribution in [3.8, 4) is 0 Å². The second-order valence-corrected chi connectivity index (χ2v) is 5.72. The Balaban J connectivity index is 2.80. The van der Waals surface area contributed by atoms with Crippen molar-refractivity contribution < 1.29 is 9.59 Å². The van der Waals surface area contributed by atoms with E-state index in [-0.39, 0.29) is 11.3 Å². The van der Waals surface area contributed by atoms with Crippen LogP contribution in [0.5, 0.6) is 0 Å². The summed E-state index contributed by atoms with van der Waals surface area (Å²) in [6.45, 7) is 7.08. The number of nitrogens with one attached hydrogen (secondary N) is 2. The van der Waals surface area contributed by atoms with Gasteiger partial charge in [0.1, 0.15) is 5.54 Å². The molecule has 0 bridgehead atoms. The molecular formula is C13H25N3O2. The number of hydrogen-bond acceptors (Lipinski definition) is 3. The van der Waals surface area contributed by atoms with Gasteiger partial charge in [-0.2, -0.15) is 0 Å². The molecule has 1 heterocycles. The minimum absolute atomic E-state index is 0.0327. The smallest absolute Gasteiger partial charge is 0.242 e. The van der Waals surface area contributed by atoms with Crippen LogP contribution in [0.4, 0.5) is 0 Å². The van der Waals surface area contributed by atoms with E-state index in [1.165, 1.54) is 0 Å². The standard InChI is InChI=1S/C13H25N3O2/c1-4-5-13(6-8-15-9-7-13)11(18)16-12(2,3)10(14)17/h15H,4-9H2,1-3H3,(H2,14,17)(H,16,18). The van der Waals surface area contributed by atoms with Gasteiger partial charge in [-0.3, -0.25) is 9.59 Å². The van der Waals surface area contributed by atoms with Crippen LogP contribution in [-0.4, -0.2) is 30.4 Å². The first-order valence-electron chi connectivity index (χ1n) is 6.67. The van der Waals surface area contributed by atoms with Crippen LogP contribution >= 0.6 is 0 Å². The summed E-state index contributed by atoms with van der Waals surface area (Å²) in [5.74, 6) is -0.536. The molecule has 0 unspecified atom stereocenters. The van der Waals surface area contributed by atoms with Gasteiger partial charge in [0, 0.05) is 0 Å². The first-order chi connectivity index (χ1) is 8.34. The van der Waals surface area contributed by atoms with Crippen molar-refractivity contribution in [2.75, 3.05) is 13.1 Å². The molecule has 18 heavy (non-hydrogen) atoms. The summed E-state index contributed by atoms with van der Waals surface area (Å²) < 4.78 is 0. The monoisotopic (exact) mass is 255 g/mol. The Morgan fingerprint density at radius 2 is 1.89 bits per heavy atom. The second-order valence-electron chi connectivity index (χ2n) is 5.72. The summed E-state index contributed by atoms with van der Waals surface area (Å²) >= 11 is 0. The van der Waals surface area contributed by atoms with E-state index in [2.05, 4.69) is 17.6 Å². The van der Waals surface area contributed by atoms with Gasteiger partial charge >= 0.3 is 0 Å². The third-order valence-electron chi connectivity index (χ3n) is 3.81. The fraction of sp³-hybridized carbons (Fsp3) is 0.846. The number of nitrogens with two attached hydrogens (primary N) is 1. The van der Waals surface area contributed by atoms with Crippen molar-refractivity contribution in [3.63, 3.8) is 0 Å². The van der Waals surface area contributed by atoms with E-state index >= 15 is 0 Å². The molecule has 0 spiro atoms. The molecule has 5 nitrogen and oxygen atoms in total. The Hall–Kier alpha value is -1.10. The normalized spacial score (nSPS) is 19.3. The molecule has 0 atom stereocenters. The molecule has 2 amide bonds. The van der Waals surface area contributed by atoms with E-state index < -0.39 is 11.4 Å². The lowest BCUT2D eigenvalue weighted by atomic mass is 9.74. The molecule has 4 N–H and O–H groups in total. The molecule has 1 fully saturated rings. The van der Waals surface area contributed by atoms with Crippen molar-refractivity contribution >= 4 is 11.8 Å². The molecule has 1 aliphatic heterocycles. The highest BCUT2D eigenvalue weighted by atomic mass is 16.2. The van der Waals surface area contributed by atoms with Crippen molar-refractivity contribution in [1.29, 1.82) is 0 Å². The summed E-state index contributed by atoms with van der Waals surface area (Å²) in [5, 5.41) is 6.08. The van der Waals surface area contributed by atoms with Crippen molar-refractivity contribution in [2.45, 2.75) is 52.0 Å². The zero-order valence-electron chi connectivity index (χ0n) is 11.6. The van der Waals surface area contributed by atoms with Crippen LogP contribution < -0.4 is 16.4 Å². The lowest BCUT2D eigenvalue weighted by Crippen LogP contribution is -2.58. The maximum Gasteiger partial charge on any atom is 0.242 e. The fourth-order valence-corrected chi connectivity index (χ4v) is 2.45. The van der Waals surface area contributed by atoms with Crippen LogP contribution in [0.3, 0.4) is 0 Å². The predicted molar refractivity (Wildman–Crippen MR) is 70.9 cm³/mol. The van der Waals surface area contributed by atoms with Gasteiger partial charge in [-0.05, 0) is 46.2 Å². The molecule has 1 rings (SSSR count). The Morgan fingerprint density at radius 3 is 2.33 bits per heavy atom. The Kier molecular flexibility index (Phi) is 4.73. The van der Waals surface area contributed by atoms with E-state index in [1.54, 1.807) is 13.8 Å². The number of carbonyl (C=O) groups excluding carboxylic acids is 2. The molecule has 0 aromatic heterocycles. The summed E-state index contributed by atoms with van der Waals surface area (Å²) in [6.07, 6.45) is 3.46. The highest BCUT2D eigenvalue weighted by molar-refractivity contribution is 5.91. The van der Waals surface area contributed by atoms with Crippen LogP contribution in [0, 0.1) is 5.41 Å². The van der Waals surface area contributed by atoms with Crippen molar-refractivity contribution in [1.82, 2.24) is 10.6 Å². The molecule has 0 aromatic carbocycles. The van der Waals surface area contributed by atoms with Gasteiger partial charge < -0.3 is 16.4 Å².